The zero-order valence-corrected chi connectivity index (χ0v) is 15.7. The van der Waals surface area contributed by atoms with Gasteiger partial charge in [0.05, 0.1) is 19.3 Å². The molecule has 1 aromatic carbocycles. The Kier molecular flexibility index (Phi) is 5.27. The molecule has 134 valence electrons. The molecule has 2 aromatic rings. The molecule has 2 heterocycles. The van der Waals surface area contributed by atoms with E-state index in [1.54, 1.807) is 12.1 Å². The number of esters is 2. The monoisotopic (exact) mass is 410 g/mol. The maximum Gasteiger partial charge on any atom is 0.339 e. The lowest BCUT2D eigenvalue weighted by molar-refractivity contribution is -0.142. The molecule has 8 heteroatoms. The van der Waals surface area contributed by atoms with Crippen LogP contribution in [0.3, 0.4) is 0 Å². The van der Waals surface area contributed by atoms with Crippen molar-refractivity contribution in [2.75, 3.05) is 31.7 Å². The molecule has 0 bridgehead atoms. The van der Waals surface area contributed by atoms with Gasteiger partial charge in [-0.2, -0.15) is 4.98 Å². The minimum Gasteiger partial charge on any atom is -0.466 e. The van der Waals surface area contributed by atoms with Gasteiger partial charge in [-0.05, 0) is 46.8 Å². The summed E-state index contributed by atoms with van der Waals surface area (Å²) in [5, 5.41) is 0. The first-order chi connectivity index (χ1) is 12.0. The van der Waals surface area contributed by atoms with Crippen LogP contribution in [0.25, 0.3) is 11.1 Å². The van der Waals surface area contributed by atoms with E-state index in [0.29, 0.717) is 39.7 Å². The highest BCUT2D eigenvalue weighted by molar-refractivity contribution is 9.10. The number of halogens is 1. The van der Waals surface area contributed by atoms with Crippen LogP contribution in [0.4, 0.5) is 6.01 Å². The summed E-state index contributed by atoms with van der Waals surface area (Å²) in [6.07, 6.45) is 1.81. The molecule has 25 heavy (non-hydrogen) atoms. The Morgan fingerprint density at radius 1 is 1.36 bits per heavy atom. The quantitative estimate of drug-likeness (QED) is 0.715. The fourth-order valence-electron chi connectivity index (χ4n) is 2.86. The number of aromatic nitrogens is 1. The van der Waals surface area contributed by atoms with E-state index in [-0.39, 0.29) is 5.97 Å². The molecule has 0 atom stereocenters. The van der Waals surface area contributed by atoms with Gasteiger partial charge < -0.3 is 18.8 Å². The third-order valence-electron chi connectivity index (χ3n) is 4.28. The molecule has 1 saturated heterocycles. The summed E-state index contributed by atoms with van der Waals surface area (Å²) >= 11 is 3.36. The number of ether oxygens (including phenoxy) is 2. The van der Waals surface area contributed by atoms with Crippen molar-refractivity contribution >= 4 is 45.0 Å². The lowest BCUT2D eigenvalue weighted by atomic mass is 9.98. The van der Waals surface area contributed by atoms with Gasteiger partial charge in [-0.3, -0.25) is 4.79 Å². The molecule has 0 spiro atoms. The van der Waals surface area contributed by atoms with E-state index in [4.69, 9.17) is 13.9 Å². The van der Waals surface area contributed by atoms with Crippen LogP contribution in [0.2, 0.25) is 0 Å². The van der Waals surface area contributed by atoms with Gasteiger partial charge in [-0.25, -0.2) is 4.79 Å². The number of piperidine rings is 1. The third-order valence-corrected chi connectivity index (χ3v) is 4.93. The fourth-order valence-corrected chi connectivity index (χ4v) is 3.35. The average Bonchev–Trinajstić information content (AvgIpc) is 3.01. The normalized spacial score (nSPS) is 15.4. The van der Waals surface area contributed by atoms with Gasteiger partial charge in [-0.15, -0.1) is 0 Å². The number of carbonyl (C=O) groups excluding carboxylic acids is 2. The van der Waals surface area contributed by atoms with Crippen molar-refractivity contribution in [1.29, 1.82) is 0 Å². The van der Waals surface area contributed by atoms with Crippen LogP contribution >= 0.6 is 15.9 Å². The minimum absolute atomic E-state index is 0.242. The number of oxazole rings is 1. The SMILES string of the molecule is COC(=O)c1cc2nc(N3CCC(COC(C)=O)CC3)oc2cc1Br. The topological polar surface area (TPSA) is 81.9 Å². The number of benzene rings is 1. The lowest BCUT2D eigenvalue weighted by Crippen LogP contribution is -2.35. The number of nitrogens with zero attached hydrogens (tertiary/aromatic N) is 2. The largest absolute Gasteiger partial charge is 0.466 e. The first-order valence-corrected chi connectivity index (χ1v) is 8.84. The van der Waals surface area contributed by atoms with Crippen LogP contribution in [-0.2, 0) is 14.3 Å². The Morgan fingerprint density at radius 2 is 2.08 bits per heavy atom. The third kappa shape index (κ3) is 3.95. The first kappa shape index (κ1) is 17.7. The molecule has 0 radical (unpaired) electrons. The van der Waals surface area contributed by atoms with E-state index < -0.39 is 5.97 Å². The van der Waals surface area contributed by atoms with E-state index >= 15 is 0 Å². The molecule has 1 aromatic heterocycles. The van der Waals surface area contributed by atoms with Gasteiger partial charge in [0, 0.05) is 24.5 Å². The second-order valence-electron chi connectivity index (χ2n) is 6.02. The first-order valence-electron chi connectivity index (χ1n) is 8.04. The van der Waals surface area contributed by atoms with Crippen molar-refractivity contribution < 1.29 is 23.5 Å². The number of hydrogen-bond donors (Lipinski definition) is 0. The summed E-state index contributed by atoms with van der Waals surface area (Å²) < 4.78 is 16.3. The molecule has 0 saturated carbocycles. The molecule has 0 amide bonds. The predicted molar refractivity (Wildman–Crippen MR) is 94.6 cm³/mol. The number of rotatable bonds is 4. The van der Waals surface area contributed by atoms with Crippen molar-refractivity contribution in [1.82, 2.24) is 4.98 Å². The summed E-state index contributed by atoms with van der Waals surface area (Å²) in [5.41, 5.74) is 1.63. The van der Waals surface area contributed by atoms with E-state index in [1.807, 2.05) is 0 Å². The number of anilines is 1. The Hall–Kier alpha value is -2.09. The number of hydrogen-bond acceptors (Lipinski definition) is 7. The number of carbonyl (C=O) groups is 2. The standard InChI is InChI=1S/C17H19BrN2O5/c1-10(21)24-9-11-3-5-20(6-4-11)17-19-14-7-12(16(22)23-2)13(18)8-15(14)25-17/h7-8,11H,3-6,9H2,1-2H3. The van der Waals surface area contributed by atoms with E-state index in [1.165, 1.54) is 14.0 Å². The molecule has 7 nitrogen and oxygen atoms in total. The molecular weight excluding hydrogens is 392 g/mol. The van der Waals surface area contributed by atoms with E-state index in [0.717, 1.165) is 25.9 Å². The molecule has 3 rings (SSSR count). The molecule has 0 unspecified atom stereocenters. The van der Waals surface area contributed by atoms with Gasteiger partial charge in [0.25, 0.3) is 6.01 Å². The van der Waals surface area contributed by atoms with Crippen molar-refractivity contribution in [3.8, 4) is 0 Å². The molecule has 0 N–H and O–H groups in total. The second-order valence-corrected chi connectivity index (χ2v) is 6.88. The summed E-state index contributed by atoms with van der Waals surface area (Å²) in [5.74, 6) is -0.303. The number of methoxy groups -OCH3 is 1. The summed E-state index contributed by atoms with van der Waals surface area (Å²) in [6, 6.07) is 3.92. The molecular formula is C17H19BrN2O5. The molecule has 0 aliphatic carbocycles. The molecule has 1 fully saturated rings. The summed E-state index contributed by atoms with van der Waals surface area (Å²) in [6.45, 7) is 3.45. The molecule has 1 aliphatic heterocycles. The molecule has 1 aliphatic rings. The van der Waals surface area contributed by atoms with Crippen molar-refractivity contribution in [2.24, 2.45) is 5.92 Å². The Morgan fingerprint density at radius 3 is 2.72 bits per heavy atom. The summed E-state index contributed by atoms with van der Waals surface area (Å²) in [7, 11) is 1.34. The van der Waals surface area contributed by atoms with Gasteiger partial charge in [-0.1, -0.05) is 0 Å². The zero-order valence-electron chi connectivity index (χ0n) is 14.1. The zero-order chi connectivity index (χ0) is 18.0. The van der Waals surface area contributed by atoms with Gasteiger partial charge in [0.15, 0.2) is 5.58 Å². The smallest absolute Gasteiger partial charge is 0.339 e. The van der Waals surface area contributed by atoms with Gasteiger partial charge in [0.2, 0.25) is 0 Å². The van der Waals surface area contributed by atoms with Crippen LogP contribution in [0, 0.1) is 5.92 Å². The van der Waals surface area contributed by atoms with Gasteiger partial charge >= 0.3 is 11.9 Å². The van der Waals surface area contributed by atoms with Gasteiger partial charge in [0.1, 0.15) is 5.52 Å². The van der Waals surface area contributed by atoms with Crippen molar-refractivity contribution in [3.63, 3.8) is 0 Å². The minimum atomic E-state index is -0.426. The second kappa shape index (κ2) is 7.43. The fraction of sp³-hybridized carbons (Fsp3) is 0.471. The van der Waals surface area contributed by atoms with Crippen LogP contribution in [0.1, 0.15) is 30.1 Å². The average molecular weight is 411 g/mol. The number of fused-ring (bicyclic) bond motifs is 1. The van der Waals surface area contributed by atoms with E-state index in [2.05, 4.69) is 25.8 Å². The highest BCUT2D eigenvalue weighted by Gasteiger charge is 2.24. The van der Waals surface area contributed by atoms with Crippen LogP contribution in [-0.4, -0.2) is 43.7 Å². The van der Waals surface area contributed by atoms with Crippen molar-refractivity contribution in [2.45, 2.75) is 19.8 Å². The Labute approximate surface area is 153 Å². The summed E-state index contributed by atoms with van der Waals surface area (Å²) in [4.78, 5) is 29.2. The van der Waals surface area contributed by atoms with Crippen LogP contribution in [0.5, 0.6) is 0 Å². The highest BCUT2D eigenvalue weighted by Crippen LogP contribution is 2.30. The van der Waals surface area contributed by atoms with Crippen LogP contribution in [0.15, 0.2) is 21.0 Å². The van der Waals surface area contributed by atoms with Crippen molar-refractivity contribution in [3.05, 3.63) is 22.2 Å². The maximum atomic E-state index is 11.8. The van der Waals surface area contributed by atoms with E-state index in [9.17, 15) is 9.59 Å². The Balaban J connectivity index is 1.72. The highest BCUT2D eigenvalue weighted by atomic mass is 79.9. The predicted octanol–water partition coefficient (Wildman–Crippen LogP) is 3.16. The van der Waals surface area contributed by atoms with Crippen LogP contribution < -0.4 is 4.90 Å². The lowest BCUT2D eigenvalue weighted by Gasteiger charge is -2.30. The maximum absolute atomic E-state index is 11.8. The Bertz CT molecular complexity index is 796.